The van der Waals surface area contributed by atoms with Crippen LogP contribution >= 0.6 is 0 Å². The molecular weight excluding hydrogens is 208 g/mol. The average Bonchev–Trinajstić information content (AvgIpc) is 2.28. The highest BCUT2D eigenvalue weighted by atomic mass is 16.2. The summed E-state index contributed by atoms with van der Waals surface area (Å²) in [5.74, 6) is 4.51. The van der Waals surface area contributed by atoms with Gasteiger partial charge in [0.2, 0.25) is 11.8 Å². The number of nitrogens with zero attached hydrogens (tertiary/aromatic N) is 1. The average molecular weight is 228 g/mol. The largest absolute Gasteiger partial charge is 0.368 e. The molecule has 1 saturated heterocycles. The molecule has 5 N–H and O–H groups in total. The van der Waals surface area contributed by atoms with Gasteiger partial charge in [-0.15, -0.1) is 0 Å². The number of carbonyl (C=O) groups excluding carboxylic acids is 2. The van der Waals surface area contributed by atoms with Gasteiger partial charge in [-0.25, -0.2) is 5.84 Å². The first-order chi connectivity index (χ1) is 7.56. The number of hydrazine groups is 1. The lowest BCUT2D eigenvalue weighted by molar-refractivity contribution is -0.128. The Hall–Kier alpha value is -1.14. The zero-order valence-electron chi connectivity index (χ0n) is 9.61. The third-order valence-corrected chi connectivity index (χ3v) is 3.08. The molecule has 0 aromatic heterocycles. The lowest BCUT2D eigenvalue weighted by Gasteiger charge is -2.37. The fourth-order valence-electron chi connectivity index (χ4n) is 2.23. The van der Waals surface area contributed by atoms with Crippen molar-refractivity contribution in [3.63, 3.8) is 0 Å². The van der Waals surface area contributed by atoms with E-state index in [9.17, 15) is 9.59 Å². The Morgan fingerprint density at radius 2 is 2.19 bits per heavy atom. The lowest BCUT2D eigenvalue weighted by Crippen LogP contribution is -2.52. The van der Waals surface area contributed by atoms with E-state index in [0.29, 0.717) is 6.42 Å². The maximum atomic E-state index is 11.3. The van der Waals surface area contributed by atoms with Crippen LogP contribution in [0, 0.1) is 0 Å². The number of carbonyl (C=O) groups is 2. The maximum Gasteiger partial charge on any atom is 0.235 e. The number of likely N-dealkylation sites (tertiary alicyclic amines) is 1. The smallest absolute Gasteiger partial charge is 0.235 e. The molecule has 2 atom stereocenters. The van der Waals surface area contributed by atoms with E-state index in [2.05, 4.69) is 5.43 Å². The summed E-state index contributed by atoms with van der Waals surface area (Å²) in [7, 11) is 0. The molecule has 1 heterocycles. The molecule has 6 nitrogen and oxygen atoms in total. The highest BCUT2D eigenvalue weighted by Gasteiger charge is 2.30. The van der Waals surface area contributed by atoms with Gasteiger partial charge in [0.1, 0.15) is 0 Å². The van der Waals surface area contributed by atoms with E-state index >= 15 is 0 Å². The van der Waals surface area contributed by atoms with Crippen LogP contribution in [0.5, 0.6) is 0 Å². The van der Waals surface area contributed by atoms with Gasteiger partial charge >= 0.3 is 0 Å². The van der Waals surface area contributed by atoms with Crippen LogP contribution in [0.25, 0.3) is 0 Å². The predicted octanol–water partition coefficient (Wildman–Crippen LogP) is -0.905. The van der Waals surface area contributed by atoms with Gasteiger partial charge < -0.3 is 5.73 Å². The summed E-state index contributed by atoms with van der Waals surface area (Å²) in [6, 6.07) is -0.254. The van der Waals surface area contributed by atoms with Crippen LogP contribution in [-0.2, 0) is 9.59 Å². The van der Waals surface area contributed by atoms with Crippen LogP contribution in [0.4, 0.5) is 0 Å². The molecule has 0 radical (unpaired) electrons. The number of amides is 2. The molecule has 92 valence electrons. The number of rotatable bonds is 4. The van der Waals surface area contributed by atoms with Crippen LogP contribution in [-0.4, -0.2) is 35.3 Å². The van der Waals surface area contributed by atoms with Gasteiger partial charge in [0, 0.05) is 12.5 Å². The van der Waals surface area contributed by atoms with Crippen LogP contribution in [0.15, 0.2) is 0 Å². The van der Waals surface area contributed by atoms with Crippen molar-refractivity contribution in [2.75, 3.05) is 6.54 Å². The Morgan fingerprint density at radius 3 is 2.75 bits per heavy atom. The minimum atomic E-state index is -0.306. The Kier molecular flexibility index (Phi) is 4.70. The fraction of sp³-hybridized carbons (Fsp3) is 0.800. The second-order valence-electron chi connectivity index (χ2n) is 4.27. The first kappa shape index (κ1) is 12.9. The van der Waals surface area contributed by atoms with Crippen molar-refractivity contribution in [1.82, 2.24) is 10.3 Å². The van der Waals surface area contributed by atoms with E-state index in [0.717, 1.165) is 25.8 Å². The molecule has 0 spiro atoms. The molecule has 1 aliphatic rings. The number of hydrogen-bond acceptors (Lipinski definition) is 4. The zero-order valence-corrected chi connectivity index (χ0v) is 9.61. The second-order valence-corrected chi connectivity index (χ2v) is 4.27. The molecule has 1 fully saturated rings. The summed E-state index contributed by atoms with van der Waals surface area (Å²) in [6.45, 7) is 2.73. The minimum absolute atomic E-state index is 0.0126. The van der Waals surface area contributed by atoms with Gasteiger partial charge in [0.05, 0.1) is 6.04 Å². The summed E-state index contributed by atoms with van der Waals surface area (Å²) >= 11 is 0. The zero-order chi connectivity index (χ0) is 12.1. The maximum absolute atomic E-state index is 11.3. The Labute approximate surface area is 95.3 Å². The van der Waals surface area contributed by atoms with E-state index in [1.54, 1.807) is 0 Å². The van der Waals surface area contributed by atoms with Crippen LogP contribution in [0.3, 0.4) is 0 Å². The van der Waals surface area contributed by atoms with E-state index in [-0.39, 0.29) is 23.9 Å². The molecule has 0 saturated carbocycles. The number of nitrogens with one attached hydrogen (secondary N) is 1. The SMILES string of the molecule is CC(CC(=O)NN)N1CCCCC1C(N)=O. The monoisotopic (exact) mass is 228 g/mol. The number of piperidine rings is 1. The third-order valence-electron chi connectivity index (χ3n) is 3.08. The van der Waals surface area contributed by atoms with Crippen LogP contribution < -0.4 is 17.0 Å². The molecule has 16 heavy (non-hydrogen) atoms. The molecule has 0 aromatic rings. The minimum Gasteiger partial charge on any atom is -0.368 e. The van der Waals surface area contributed by atoms with Gasteiger partial charge in [0.15, 0.2) is 0 Å². The molecule has 0 aliphatic carbocycles. The topological polar surface area (TPSA) is 101 Å². The normalized spacial score (nSPS) is 23.8. The quantitative estimate of drug-likeness (QED) is 0.329. The Balaban J connectivity index is 2.60. The van der Waals surface area contributed by atoms with Gasteiger partial charge in [-0.05, 0) is 26.3 Å². The van der Waals surface area contributed by atoms with Crippen molar-refractivity contribution in [3.05, 3.63) is 0 Å². The van der Waals surface area contributed by atoms with Crippen molar-refractivity contribution < 1.29 is 9.59 Å². The molecule has 1 aliphatic heterocycles. The standard InChI is InChI=1S/C10H20N4O2/c1-7(6-9(15)13-12)14-5-3-2-4-8(14)10(11)16/h7-8H,2-6,12H2,1H3,(H2,11,16)(H,13,15). The van der Waals surface area contributed by atoms with Gasteiger partial charge in [-0.1, -0.05) is 6.42 Å². The number of nitrogens with two attached hydrogens (primary N) is 2. The molecule has 6 heteroatoms. The molecule has 0 aromatic carbocycles. The summed E-state index contributed by atoms with van der Waals surface area (Å²) in [4.78, 5) is 24.4. The predicted molar refractivity (Wildman–Crippen MR) is 59.9 cm³/mol. The van der Waals surface area contributed by atoms with Crippen LogP contribution in [0.2, 0.25) is 0 Å². The Morgan fingerprint density at radius 1 is 1.50 bits per heavy atom. The lowest BCUT2D eigenvalue weighted by atomic mass is 9.98. The van der Waals surface area contributed by atoms with Crippen LogP contribution in [0.1, 0.15) is 32.6 Å². The van der Waals surface area contributed by atoms with E-state index in [1.165, 1.54) is 0 Å². The van der Waals surface area contributed by atoms with Crippen molar-refractivity contribution >= 4 is 11.8 Å². The van der Waals surface area contributed by atoms with Gasteiger partial charge in [0.25, 0.3) is 0 Å². The number of hydrogen-bond donors (Lipinski definition) is 3. The third kappa shape index (κ3) is 3.18. The van der Waals surface area contributed by atoms with E-state index < -0.39 is 0 Å². The van der Waals surface area contributed by atoms with Crippen molar-refractivity contribution in [2.24, 2.45) is 11.6 Å². The molecule has 0 bridgehead atoms. The molecular formula is C10H20N4O2. The summed E-state index contributed by atoms with van der Waals surface area (Å²) in [5.41, 5.74) is 7.45. The summed E-state index contributed by atoms with van der Waals surface area (Å²) in [6.07, 6.45) is 3.13. The fourth-order valence-corrected chi connectivity index (χ4v) is 2.23. The summed E-state index contributed by atoms with van der Waals surface area (Å²) < 4.78 is 0. The first-order valence-corrected chi connectivity index (χ1v) is 5.60. The van der Waals surface area contributed by atoms with Crippen molar-refractivity contribution in [1.29, 1.82) is 0 Å². The molecule has 2 unspecified atom stereocenters. The molecule has 2 amide bonds. The Bertz CT molecular complexity index is 270. The van der Waals surface area contributed by atoms with Crippen molar-refractivity contribution in [3.8, 4) is 0 Å². The summed E-state index contributed by atoms with van der Waals surface area (Å²) in [5, 5.41) is 0. The second kappa shape index (κ2) is 5.81. The van der Waals surface area contributed by atoms with E-state index in [4.69, 9.17) is 11.6 Å². The highest BCUT2D eigenvalue weighted by Crippen LogP contribution is 2.20. The highest BCUT2D eigenvalue weighted by molar-refractivity contribution is 5.80. The first-order valence-electron chi connectivity index (χ1n) is 5.60. The van der Waals surface area contributed by atoms with Gasteiger partial charge in [-0.3, -0.25) is 19.9 Å². The van der Waals surface area contributed by atoms with E-state index in [1.807, 2.05) is 11.8 Å². The number of primary amides is 1. The van der Waals surface area contributed by atoms with Gasteiger partial charge in [-0.2, -0.15) is 0 Å². The molecule has 1 rings (SSSR count). The van der Waals surface area contributed by atoms with Crippen molar-refractivity contribution in [2.45, 2.75) is 44.7 Å².